The summed E-state index contributed by atoms with van der Waals surface area (Å²) in [6.45, 7) is 4.43. The van der Waals surface area contributed by atoms with Crippen molar-refractivity contribution in [1.29, 1.82) is 0 Å². The molecule has 5 rings (SSSR count). The first-order chi connectivity index (χ1) is 18.5. The number of ether oxygens (including phenoxy) is 1. The molecule has 1 aliphatic heterocycles. The molecule has 2 N–H and O–H groups in total. The van der Waals surface area contributed by atoms with Crippen molar-refractivity contribution >= 4 is 31.7 Å². The van der Waals surface area contributed by atoms with Gasteiger partial charge in [-0.05, 0) is 73.1 Å². The van der Waals surface area contributed by atoms with Gasteiger partial charge in [0.15, 0.2) is 0 Å². The van der Waals surface area contributed by atoms with Gasteiger partial charge in [-0.25, -0.2) is 28.2 Å². The first-order valence-electron chi connectivity index (χ1n) is 12.7. The molecule has 0 saturated carbocycles. The second-order valence-corrected chi connectivity index (χ2v) is 16.9. The van der Waals surface area contributed by atoms with Crippen LogP contribution in [0, 0.1) is 13.8 Å². The van der Waals surface area contributed by atoms with Crippen molar-refractivity contribution in [3.05, 3.63) is 95.1 Å². The Labute approximate surface area is 232 Å². The van der Waals surface area contributed by atoms with Gasteiger partial charge >= 0.3 is 0 Å². The third-order valence-electron chi connectivity index (χ3n) is 6.52. The summed E-state index contributed by atoms with van der Waals surface area (Å²) in [4.78, 5) is 9.22. The van der Waals surface area contributed by atoms with Crippen molar-refractivity contribution in [2.75, 3.05) is 35.4 Å². The van der Waals surface area contributed by atoms with E-state index >= 15 is 0 Å². The number of rotatable bonds is 4. The van der Waals surface area contributed by atoms with Crippen LogP contribution in [0.25, 0.3) is 11.3 Å². The van der Waals surface area contributed by atoms with Crippen molar-refractivity contribution in [3.63, 3.8) is 0 Å². The van der Waals surface area contributed by atoms with Gasteiger partial charge in [0.1, 0.15) is 6.10 Å². The SMILES string of the molecule is Cc1cccc(C)c1-c1cc2nc(n1)NS(=O)(=O)c1cccc(c1)NC[C@@H](c1ccc(CS(C)(C)C)cc1)O2. The van der Waals surface area contributed by atoms with Gasteiger partial charge in [-0.1, -0.05) is 48.5 Å². The van der Waals surface area contributed by atoms with Gasteiger partial charge in [-0.3, -0.25) is 0 Å². The molecule has 0 aliphatic carbocycles. The van der Waals surface area contributed by atoms with Crippen molar-refractivity contribution in [2.45, 2.75) is 30.6 Å². The quantitative estimate of drug-likeness (QED) is 0.303. The molecule has 1 atom stereocenters. The lowest BCUT2D eigenvalue weighted by atomic mass is 10.00. The predicted octanol–water partition coefficient (Wildman–Crippen LogP) is 6.30. The maximum Gasteiger partial charge on any atom is 0.264 e. The number of fused-ring (bicyclic) bond motifs is 4. The molecule has 7 nitrogen and oxygen atoms in total. The van der Waals surface area contributed by atoms with Gasteiger partial charge in [-0.15, -0.1) is 0 Å². The van der Waals surface area contributed by atoms with E-state index in [9.17, 15) is 8.42 Å². The number of hydrogen-bond acceptors (Lipinski definition) is 6. The van der Waals surface area contributed by atoms with E-state index in [1.165, 1.54) is 5.56 Å². The van der Waals surface area contributed by atoms with Gasteiger partial charge in [0.05, 0.1) is 17.1 Å². The van der Waals surface area contributed by atoms with Crippen LogP contribution in [-0.4, -0.2) is 43.7 Å². The molecule has 0 fully saturated rings. The number of hydrogen-bond donors (Lipinski definition) is 2. The summed E-state index contributed by atoms with van der Waals surface area (Å²) in [6.07, 6.45) is 6.55. The van der Waals surface area contributed by atoms with Crippen LogP contribution in [0.3, 0.4) is 0 Å². The summed E-state index contributed by atoms with van der Waals surface area (Å²) in [5, 5.41) is 3.36. The minimum absolute atomic E-state index is 0.0358. The van der Waals surface area contributed by atoms with E-state index in [0.717, 1.165) is 28.0 Å². The third-order valence-corrected chi connectivity index (χ3v) is 9.04. The zero-order valence-electron chi connectivity index (χ0n) is 22.9. The number of aromatic nitrogens is 2. The molecule has 1 aliphatic rings. The molecule has 3 aromatic carbocycles. The Kier molecular flexibility index (Phi) is 7.31. The van der Waals surface area contributed by atoms with Crippen LogP contribution >= 0.6 is 10.0 Å². The van der Waals surface area contributed by atoms with E-state index in [0.29, 0.717) is 23.8 Å². The van der Waals surface area contributed by atoms with Crippen molar-refractivity contribution < 1.29 is 13.2 Å². The van der Waals surface area contributed by atoms with Gasteiger partial charge < -0.3 is 10.1 Å². The molecule has 0 amide bonds. The van der Waals surface area contributed by atoms with Crippen LogP contribution < -0.4 is 14.8 Å². The van der Waals surface area contributed by atoms with E-state index in [4.69, 9.17) is 4.74 Å². The van der Waals surface area contributed by atoms with Crippen LogP contribution in [-0.2, 0) is 15.8 Å². The lowest BCUT2D eigenvalue weighted by Gasteiger charge is -2.26. The topological polar surface area (TPSA) is 93.2 Å². The maximum absolute atomic E-state index is 13.2. The molecule has 9 heteroatoms. The molecule has 0 unspecified atom stereocenters. The fourth-order valence-corrected chi connectivity index (χ4v) is 6.92. The van der Waals surface area contributed by atoms with Crippen molar-refractivity contribution in [3.8, 4) is 17.1 Å². The molecule has 1 aromatic heterocycles. The third kappa shape index (κ3) is 6.37. The number of anilines is 2. The summed E-state index contributed by atoms with van der Waals surface area (Å²) in [6, 6.07) is 23.0. The molecule has 0 radical (unpaired) electrons. The van der Waals surface area contributed by atoms with Crippen molar-refractivity contribution in [2.24, 2.45) is 0 Å². The largest absolute Gasteiger partial charge is 0.467 e. The monoisotopic (exact) mass is 562 g/mol. The maximum atomic E-state index is 13.2. The minimum atomic E-state index is -3.92. The second-order valence-electron chi connectivity index (χ2n) is 10.8. The highest BCUT2D eigenvalue weighted by molar-refractivity contribution is 8.31. The van der Waals surface area contributed by atoms with E-state index in [1.54, 1.807) is 24.3 Å². The lowest BCUT2D eigenvalue weighted by molar-refractivity contribution is 0.210. The van der Waals surface area contributed by atoms with E-state index in [2.05, 4.69) is 63.0 Å². The molecule has 4 aromatic rings. The van der Waals surface area contributed by atoms with Gasteiger partial charge in [0.25, 0.3) is 10.0 Å². The minimum Gasteiger partial charge on any atom is -0.467 e. The Morgan fingerprint density at radius 3 is 2.31 bits per heavy atom. The van der Waals surface area contributed by atoms with Crippen LogP contribution in [0.1, 0.15) is 28.4 Å². The van der Waals surface area contributed by atoms with E-state index < -0.39 is 20.1 Å². The summed E-state index contributed by atoms with van der Waals surface area (Å²) >= 11 is 0. The highest BCUT2D eigenvalue weighted by Gasteiger charge is 2.23. The Morgan fingerprint density at radius 2 is 1.62 bits per heavy atom. The standard InChI is InChI=1S/C30H34N4O3S2/c1-20-8-6-9-21(2)29(20)26-17-28-33-30(32-26)34-39(35,36)25-11-7-10-24(16-25)31-18-27(37-28)23-14-12-22(13-15-23)19-38(3,4)5/h6-17,27,31H,18-19H2,1-5H3,(H,32,33,34)/t27-/m0/s1. The summed E-state index contributed by atoms with van der Waals surface area (Å²) in [5.41, 5.74) is 6.54. The fourth-order valence-electron chi connectivity index (χ4n) is 4.74. The van der Waals surface area contributed by atoms with Crippen LogP contribution in [0.5, 0.6) is 5.88 Å². The van der Waals surface area contributed by atoms with Crippen molar-refractivity contribution in [1.82, 2.24) is 9.97 Å². The lowest BCUT2D eigenvalue weighted by Crippen LogP contribution is -2.21. The first-order valence-corrected chi connectivity index (χ1v) is 17.2. The van der Waals surface area contributed by atoms with E-state index in [-0.39, 0.29) is 16.9 Å². The Balaban J connectivity index is 1.61. The zero-order chi connectivity index (χ0) is 27.8. The molecule has 0 spiro atoms. The van der Waals surface area contributed by atoms with Crippen LogP contribution in [0.4, 0.5) is 11.6 Å². The van der Waals surface area contributed by atoms with Crippen LogP contribution in [0.2, 0.25) is 0 Å². The summed E-state index contributed by atoms with van der Waals surface area (Å²) < 4.78 is 35.5. The summed E-state index contributed by atoms with van der Waals surface area (Å²) in [5.74, 6) is 1.31. The smallest absolute Gasteiger partial charge is 0.264 e. The Bertz CT molecular complexity index is 1590. The molecule has 0 saturated heterocycles. The normalized spacial score (nSPS) is 17.0. The summed E-state index contributed by atoms with van der Waals surface area (Å²) in [7, 11) is -4.59. The number of aryl methyl sites for hydroxylation is 2. The Hall–Kier alpha value is -3.56. The molecule has 4 bridgehead atoms. The van der Waals surface area contributed by atoms with E-state index in [1.807, 2.05) is 38.1 Å². The fraction of sp³-hybridized carbons (Fsp3) is 0.267. The molecular weight excluding hydrogens is 528 g/mol. The zero-order valence-corrected chi connectivity index (χ0v) is 24.5. The van der Waals surface area contributed by atoms with Gasteiger partial charge in [0.2, 0.25) is 11.8 Å². The number of sulfonamides is 1. The molecule has 39 heavy (non-hydrogen) atoms. The number of benzene rings is 3. The number of nitrogens with one attached hydrogen (secondary N) is 2. The molecular formula is C30H34N4O3S2. The van der Waals surface area contributed by atoms with Crippen LogP contribution in [0.15, 0.2) is 77.7 Å². The van der Waals surface area contributed by atoms with Gasteiger partial charge in [0, 0.05) is 23.1 Å². The van der Waals surface area contributed by atoms with Gasteiger partial charge in [-0.2, -0.15) is 4.98 Å². The average Bonchev–Trinajstić information content (AvgIpc) is 2.85. The first kappa shape index (κ1) is 27.0. The highest BCUT2D eigenvalue weighted by Crippen LogP contribution is 2.39. The predicted molar refractivity (Wildman–Crippen MR) is 162 cm³/mol. The average molecular weight is 563 g/mol. The highest BCUT2D eigenvalue weighted by atomic mass is 32.3. The molecule has 2 heterocycles. The number of nitrogens with zero attached hydrogens (tertiary/aromatic N) is 2. The second kappa shape index (κ2) is 10.5. The molecule has 204 valence electrons. The Morgan fingerprint density at radius 1 is 0.923 bits per heavy atom.